The summed E-state index contributed by atoms with van der Waals surface area (Å²) in [5.41, 5.74) is 1.69. The minimum Gasteiger partial charge on any atom is -0.754 e. The van der Waals surface area contributed by atoms with Crippen molar-refractivity contribution in [1.82, 2.24) is 4.98 Å². The van der Waals surface area contributed by atoms with Gasteiger partial charge >= 0.3 is 5.95 Å². The van der Waals surface area contributed by atoms with Gasteiger partial charge in [-0.25, -0.2) is 4.73 Å². The smallest absolute Gasteiger partial charge is 0.353 e. The fourth-order valence-electron chi connectivity index (χ4n) is 3.07. The maximum absolute atomic E-state index is 12.9. The van der Waals surface area contributed by atoms with Crippen molar-refractivity contribution in [1.29, 1.82) is 0 Å². The number of nitrogens with zero attached hydrogens (tertiary/aromatic N) is 3. The van der Waals surface area contributed by atoms with Gasteiger partial charge in [0.1, 0.15) is 0 Å². The summed E-state index contributed by atoms with van der Waals surface area (Å²) in [6.07, 6.45) is 2.30. The molecule has 6 nitrogen and oxygen atoms in total. The van der Waals surface area contributed by atoms with Crippen molar-refractivity contribution in [2.75, 3.05) is 28.6 Å². The Morgan fingerprint density at radius 3 is 2.04 bits per heavy atom. The lowest BCUT2D eigenvalue weighted by molar-refractivity contribution is -0.577. The Morgan fingerprint density at radius 2 is 1.42 bits per heavy atom. The van der Waals surface area contributed by atoms with E-state index >= 15 is 0 Å². The normalized spacial score (nSPS) is 13.6. The summed E-state index contributed by atoms with van der Waals surface area (Å²) < 4.78 is 0.805. The molecule has 26 heavy (non-hydrogen) atoms. The molecule has 132 valence electrons. The van der Waals surface area contributed by atoms with Crippen LogP contribution in [0.2, 0.25) is 0 Å². The van der Waals surface area contributed by atoms with Crippen LogP contribution in [0.25, 0.3) is 0 Å². The first kappa shape index (κ1) is 16.2. The molecular formula is C20H21N5O. The van der Waals surface area contributed by atoms with Gasteiger partial charge in [-0.1, -0.05) is 41.4 Å². The van der Waals surface area contributed by atoms with E-state index in [0.29, 0.717) is 5.82 Å². The van der Waals surface area contributed by atoms with Gasteiger partial charge in [0.15, 0.2) is 5.82 Å². The van der Waals surface area contributed by atoms with E-state index in [-0.39, 0.29) is 5.95 Å². The van der Waals surface area contributed by atoms with Gasteiger partial charge in [0.2, 0.25) is 5.82 Å². The van der Waals surface area contributed by atoms with Crippen LogP contribution in [0.1, 0.15) is 12.8 Å². The van der Waals surface area contributed by atoms with Crippen LogP contribution in [0.3, 0.4) is 0 Å². The summed E-state index contributed by atoms with van der Waals surface area (Å²) in [5.74, 6) is 1.53. The molecule has 0 spiro atoms. The van der Waals surface area contributed by atoms with Crippen molar-refractivity contribution < 1.29 is 4.73 Å². The van der Waals surface area contributed by atoms with Crippen LogP contribution < -0.4 is 20.3 Å². The Morgan fingerprint density at radius 1 is 0.846 bits per heavy atom. The number of nitrogens with one attached hydrogen (secondary N) is 2. The SMILES string of the molecule is [O-][n+]1c(Nc2ccccc2)cc(N2CCCC2)nc1Nc1ccccc1. The van der Waals surface area contributed by atoms with Crippen LogP contribution in [0, 0.1) is 5.21 Å². The van der Waals surface area contributed by atoms with Gasteiger partial charge in [0.25, 0.3) is 0 Å². The Kier molecular flexibility index (Phi) is 4.55. The fourth-order valence-corrected chi connectivity index (χ4v) is 3.07. The lowest BCUT2D eigenvalue weighted by Gasteiger charge is -2.20. The summed E-state index contributed by atoms with van der Waals surface area (Å²) in [4.78, 5) is 6.79. The molecule has 0 unspecified atom stereocenters. The quantitative estimate of drug-likeness (QED) is 0.543. The average molecular weight is 347 g/mol. The minimum absolute atomic E-state index is 0.263. The zero-order valence-electron chi connectivity index (χ0n) is 14.4. The molecule has 6 heteroatoms. The van der Waals surface area contributed by atoms with E-state index in [1.54, 1.807) is 0 Å². The fraction of sp³-hybridized carbons (Fsp3) is 0.200. The highest BCUT2D eigenvalue weighted by Crippen LogP contribution is 2.24. The third kappa shape index (κ3) is 3.54. The molecular weight excluding hydrogens is 326 g/mol. The molecule has 0 atom stereocenters. The van der Waals surface area contributed by atoms with Crippen molar-refractivity contribution in [3.05, 3.63) is 71.9 Å². The van der Waals surface area contributed by atoms with Gasteiger partial charge < -0.3 is 10.1 Å². The number of para-hydroxylation sites is 2. The van der Waals surface area contributed by atoms with Crippen LogP contribution in [0.5, 0.6) is 0 Å². The molecule has 0 saturated carbocycles. The van der Waals surface area contributed by atoms with Crippen molar-refractivity contribution in [3.8, 4) is 0 Å². The summed E-state index contributed by atoms with van der Waals surface area (Å²) >= 11 is 0. The van der Waals surface area contributed by atoms with E-state index in [1.165, 1.54) is 0 Å². The summed E-state index contributed by atoms with van der Waals surface area (Å²) in [6, 6.07) is 21.1. The molecule has 1 saturated heterocycles. The van der Waals surface area contributed by atoms with E-state index in [0.717, 1.165) is 47.9 Å². The topological polar surface area (TPSA) is 67.1 Å². The lowest BCUT2D eigenvalue weighted by atomic mass is 10.3. The Bertz CT molecular complexity index is 801. The van der Waals surface area contributed by atoms with Gasteiger partial charge in [-0.3, -0.25) is 10.6 Å². The first-order valence-corrected chi connectivity index (χ1v) is 8.83. The molecule has 3 aromatic rings. The van der Waals surface area contributed by atoms with Gasteiger partial charge in [0.05, 0.1) is 17.4 Å². The maximum Gasteiger partial charge on any atom is 0.353 e. The zero-order valence-corrected chi connectivity index (χ0v) is 14.4. The van der Waals surface area contributed by atoms with Gasteiger partial charge in [-0.05, 0) is 37.1 Å². The zero-order chi connectivity index (χ0) is 17.8. The first-order chi connectivity index (χ1) is 12.8. The highest BCUT2D eigenvalue weighted by atomic mass is 16.5. The van der Waals surface area contributed by atoms with E-state index < -0.39 is 0 Å². The predicted octanol–water partition coefficient (Wildman–Crippen LogP) is 3.80. The molecule has 2 heterocycles. The number of hydrogen-bond acceptors (Lipinski definition) is 5. The average Bonchev–Trinajstić information content (AvgIpc) is 3.21. The van der Waals surface area contributed by atoms with Crippen LogP contribution in [0.15, 0.2) is 66.7 Å². The van der Waals surface area contributed by atoms with Crippen LogP contribution in [-0.4, -0.2) is 18.1 Å². The van der Waals surface area contributed by atoms with Crippen molar-refractivity contribution in [3.63, 3.8) is 0 Å². The van der Waals surface area contributed by atoms with Crippen molar-refractivity contribution in [2.24, 2.45) is 0 Å². The molecule has 2 aromatic carbocycles. The Balaban J connectivity index is 1.71. The van der Waals surface area contributed by atoms with Crippen LogP contribution in [-0.2, 0) is 0 Å². The lowest BCUT2D eigenvalue weighted by Crippen LogP contribution is -2.36. The molecule has 2 N–H and O–H groups in total. The predicted molar refractivity (Wildman–Crippen MR) is 104 cm³/mol. The van der Waals surface area contributed by atoms with E-state index in [4.69, 9.17) is 0 Å². The molecule has 1 fully saturated rings. The molecule has 1 aliphatic rings. The Labute approximate surface area is 152 Å². The second-order valence-corrected chi connectivity index (χ2v) is 6.29. The Hall–Kier alpha value is -3.28. The first-order valence-electron chi connectivity index (χ1n) is 8.83. The number of rotatable bonds is 5. The highest BCUT2D eigenvalue weighted by Gasteiger charge is 2.21. The number of anilines is 5. The van der Waals surface area contributed by atoms with Crippen LogP contribution in [0.4, 0.5) is 29.0 Å². The van der Waals surface area contributed by atoms with Gasteiger partial charge in [-0.2, -0.15) is 0 Å². The molecule has 1 aliphatic heterocycles. The molecule has 4 rings (SSSR count). The largest absolute Gasteiger partial charge is 0.754 e. The molecule has 1 aromatic heterocycles. The second-order valence-electron chi connectivity index (χ2n) is 6.29. The molecule has 0 radical (unpaired) electrons. The maximum atomic E-state index is 12.9. The molecule has 0 aliphatic carbocycles. The van der Waals surface area contributed by atoms with E-state index in [9.17, 15) is 5.21 Å². The highest BCUT2D eigenvalue weighted by molar-refractivity contribution is 5.60. The third-order valence-electron chi connectivity index (χ3n) is 4.40. The standard InChI is InChI=1S/C20H21N5O/c26-25-19(21-16-9-3-1-4-10-16)15-18(24-13-7-8-14-24)23-20(25)22-17-11-5-2-6-12-17/h1-6,9-12,15,21H,7-8,13-14H2,(H,22,23). The van der Waals surface area contributed by atoms with Crippen molar-refractivity contribution in [2.45, 2.75) is 12.8 Å². The molecule has 0 amide bonds. The number of benzene rings is 2. The summed E-state index contributed by atoms with van der Waals surface area (Å²) in [5, 5.41) is 19.2. The van der Waals surface area contributed by atoms with Gasteiger partial charge in [-0.15, -0.1) is 0 Å². The number of hydrogen-bond donors (Lipinski definition) is 2. The second kappa shape index (κ2) is 7.31. The van der Waals surface area contributed by atoms with Crippen molar-refractivity contribution >= 4 is 29.0 Å². The van der Waals surface area contributed by atoms with E-state index in [2.05, 4.69) is 20.5 Å². The summed E-state index contributed by atoms with van der Waals surface area (Å²) in [6.45, 7) is 1.93. The monoisotopic (exact) mass is 347 g/mol. The third-order valence-corrected chi connectivity index (χ3v) is 4.40. The molecule has 0 bridgehead atoms. The number of aromatic nitrogens is 2. The van der Waals surface area contributed by atoms with Gasteiger partial charge in [0, 0.05) is 13.1 Å². The summed E-state index contributed by atoms with van der Waals surface area (Å²) in [7, 11) is 0. The van der Waals surface area contributed by atoms with E-state index in [1.807, 2.05) is 66.7 Å². The van der Waals surface area contributed by atoms with Crippen LogP contribution >= 0.6 is 0 Å². The minimum atomic E-state index is 0.263.